The highest BCUT2D eigenvalue weighted by molar-refractivity contribution is 7.99. The Morgan fingerprint density at radius 3 is 2.47 bits per heavy atom. The Bertz CT molecular complexity index is 967. The lowest BCUT2D eigenvalue weighted by atomic mass is 10.1. The Balaban J connectivity index is 1.59. The quantitative estimate of drug-likeness (QED) is 0.514. The van der Waals surface area contributed by atoms with Crippen molar-refractivity contribution >= 4 is 17.7 Å². The lowest BCUT2D eigenvalue weighted by Gasteiger charge is -2.15. The maximum absolute atomic E-state index is 12.5. The number of thioether (sulfide) groups is 1. The molecule has 2 heterocycles. The van der Waals surface area contributed by atoms with Gasteiger partial charge in [-0.1, -0.05) is 42.1 Å². The van der Waals surface area contributed by atoms with Crippen LogP contribution in [0.1, 0.15) is 31.2 Å². The van der Waals surface area contributed by atoms with E-state index in [9.17, 15) is 4.79 Å². The van der Waals surface area contributed by atoms with Gasteiger partial charge in [-0.05, 0) is 49.6 Å². The summed E-state index contributed by atoms with van der Waals surface area (Å²) in [4.78, 5) is 14.5. The minimum atomic E-state index is 0.170. The van der Waals surface area contributed by atoms with Gasteiger partial charge in [-0.25, -0.2) is 0 Å². The number of rotatable bonds is 8. The van der Waals surface area contributed by atoms with E-state index in [0.717, 1.165) is 48.3 Å². The van der Waals surface area contributed by atoms with E-state index in [-0.39, 0.29) is 5.91 Å². The number of likely N-dealkylation sites (tertiary alicyclic amines) is 1. The molecule has 2 aromatic carbocycles. The van der Waals surface area contributed by atoms with E-state index in [2.05, 4.69) is 22.3 Å². The second kappa shape index (κ2) is 9.80. The molecule has 0 atom stereocenters. The van der Waals surface area contributed by atoms with Gasteiger partial charge >= 0.3 is 0 Å². The molecule has 4 rings (SSSR count). The number of nitrogens with zero attached hydrogens (tertiary/aromatic N) is 4. The molecule has 6 nitrogen and oxygen atoms in total. The van der Waals surface area contributed by atoms with Crippen LogP contribution in [0.5, 0.6) is 5.75 Å². The average molecular weight is 423 g/mol. The molecule has 1 aliphatic rings. The molecule has 0 aliphatic carbocycles. The zero-order valence-corrected chi connectivity index (χ0v) is 18.0. The first-order valence-electron chi connectivity index (χ1n) is 10.4. The monoisotopic (exact) mass is 422 g/mol. The number of amides is 1. The number of ether oxygens (including phenoxy) is 1. The Labute approximate surface area is 181 Å². The van der Waals surface area contributed by atoms with Crippen molar-refractivity contribution in [3.63, 3.8) is 0 Å². The summed E-state index contributed by atoms with van der Waals surface area (Å²) in [6, 6.07) is 18.1. The predicted octanol–water partition coefficient (Wildman–Crippen LogP) is 3.97. The van der Waals surface area contributed by atoms with Crippen LogP contribution in [0.2, 0.25) is 0 Å². The van der Waals surface area contributed by atoms with E-state index in [0.29, 0.717) is 18.8 Å². The molecular formula is C23H26N4O2S. The topological polar surface area (TPSA) is 60.2 Å². The second-order valence-electron chi connectivity index (χ2n) is 7.20. The molecule has 1 aromatic heterocycles. The highest BCUT2D eigenvalue weighted by atomic mass is 32.2. The van der Waals surface area contributed by atoms with Gasteiger partial charge in [0, 0.05) is 25.2 Å². The van der Waals surface area contributed by atoms with Crippen molar-refractivity contribution in [1.29, 1.82) is 0 Å². The van der Waals surface area contributed by atoms with Gasteiger partial charge in [0.05, 0.1) is 12.4 Å². The molecule has 156 valence electrons. The second-order valence-corrected chi connectivity index (χ2v) is 8.14. The summed E-state index contributed by atoms with van der Waals surface area (Å²) in [6.07, 6.45) is 2.86. The van der Waals surface area contributed by atoms with Crippen LogP contribution in [-0.2, 0) is 11.2 Å². The van der Waals surface area contributed by atoms with E-state index in [1.165, 1.54) is 17.3 Å². The first-order valence-corrected chi connectivity index (χ1v) is 11.3. The Kier molecular flexibility index (Phi) is 6.69. The fourth-order valence-electron chi connectivity index (χ4n) is 3.59. The zero-order valence-electron chi connectivity index (χ0n) is 17.2. The van der Waals surface area contributed by atoms with Crippen molar-refractivity contribution < 1.29 is 9.53 Å². The zero-order chi connectivity index (χ0) is 20.8. The molecule has 1 fully saturated rings. The van der Waals surface area contributed by atoms with E-state index in [1.54, 1.807) is 0 Å². The fourth-order valence-corrected chi connectivity index (χ4v) is 4.46. The Morgan fingerprint density at radius 1 is 1.03 bits per heavy atom. The molecule has 0 bridgehead atoms. The summed E-state index contributed by atoms with van der Waals surface area (Å²) in [5.41, 5.74) is 2.13. The van der Waals surface area contributed by atoms with Crippen molar-refractivity contribution in [1.82, 2.24) is 19.7 Å². The molecule has 0 unspecified atom stereocenters. The van der Waals surface area contributed by atoms with E-state index < -0.39 is 0 Å². The van der Waals surface area contributed by atoms with Crippen LogP contribution in [0.25, 0.3) is 5.69 Å². The van der Waals surface area contributed by atoms with E-state index in [1.807, 2.05) is 58.9 Å². The highest BCUT2D eigenvalue weighted by Gasteiger charge is 2.21. The lowest BCUT2D eigenvalue weighted by molar-refractivity contribution is -0.127. The van der Waals surface area contributed by atoms with Gasteiger partial charge in [0.25, 0.3) is 0 Å². The third kappa shape index (κ3) is 4.84. The van der Waals surface area contributed by atoms with Gasteiger partial charge in [-0.3, -0.25) is 9.36 Å². The van der Waals surface area contributed by atoms with E-state index >= 15 is 0 Å². The Hall–Kier alpha value is -2.80. The summed E-state index contributed by atoms with van der Waals surface area (Å²) in [7, 11) is 0. The fraction of sp³-hybridized carbons (Fsp3) is 0.348. The summed E-state index contributed by atoms with van der Waals surface area (Å²) in [5.74, 6) is 2.22. The molecule has 3 aromatic rings. The summed E-state index contributed by atoms with van der Waals surface area (Å²) >= 11 is 1.45. The van der Waals surface area contributed by atoms with E-state index in [4.69, 9.17) is 4.74 Å². The van der Waals surface area contributed by atoms with Crippen LogP contribution >= 0.6 is 11.8 Å². The van der Waals surface area contributed by atoms with Gasteiger partial charge < -0.3 is 9.64 Å². The molecule has 1 amide bonds. The van der Waals surface area contributed by atoms with Crippen molar-refractivity contribution in [2.24, 2.45) is 0 Å². The third-order valence-corrected chi connectivity index (χ3v) is 6.01. The molecule has 0 N–H and O–H groups in total. The average Bonchev–Trinajstić information content (AvgIpc) is 3.44. The van der Waals surface area contributed by atoms with Crippen molar-refractivity contribution in [3.05, 3.63) is 66.0 Å². The van der Waals surface area contributed by atoms with Crippen LogP contribution in [0, 0.1) is 0 Å². The van der Waals surface area contributed by atoms with Gasteiger partial charge in [-0.2, -0.15) is 0 Å². The first kappa shape index (κ1) is 20.5. The van der Waals surface area contributed by atoms with Crippen LogP contribution < -0.4 is 4.74 Å². The van der Waals surface area contributed by atoms with Gasteiger partial charge in [0.1, 0.15) is 11.6 Å². The largest absolute Gasteiger partial charge is 0.494 e. The lowest BCUT2D eigenvalue weighted by Crippen LogP contribution is -2.29. The molecule has 1 aliphatic heterocycles. The molecular weight excluding hydrogens is 396 g/mol. The normalized spacial score (nSPS) is 13.6. The molecule has 0 saturated carbocycles. The summed E-state index contributed by atoms with van der Waals surface area (Å²) in [6.45, 7) is 4.33. The number of benzene rings is 2. The van der Waals surface area contributed by atoms with Crippen molar-refractivity contribution in [2.45, 2.75) is 31.3 Å². The van der Waals surface area contributed by atoms with Crippen LogP contribution in [0.4, 0.5) is 0 Å². The number of hydrogen-bond donors (Lipinski definition) is 0. The summed E-state index contributed by atoms with van der Waals surface area (Å²) in [5, 5.41) is 9.61. The minimum Gasteiger partial charge on any atom is -0.494 e. The molecule has 0 radical (unpaired) electrons. The molecule has 7 heteroatoms. The van der Waals surface area contributed by atoms with Crippen molar-refractivity contribution in [3.8, 4) is 11.4 Å². The third-order valence-electron chi connectivity index (χ3n) is 5.09. The number of hydrogen-bond acceptors (Lipinski definition) is 5. The molecule has 1 saturated heterocycles. The molecule has 30 heavy (non-hydrogen) atoms. The minimum absolute atomic E-state index is 0.170. The van der Waals surface area contributed by atoms with Crippen molar-refractivity contribution in [2.75, 3.05) is 25.4 Å². The SMILES string of the molecule is CCOc1ccc(-n2c(Cc3ccccc3)nnc2SCC(=O)N2CCCC2)cc1. The first-order chi connectivity index (χ1) is 14.7. The summed E-state index contributed by atoms with van der Waals surface area (Å²) < 4.78 is 7.62. The smallest absolute Gasteiger partial charge is 0.233 e. The highest BCUT2D eigenvalue weighted by Crippen LogP contribution is 2.26. The van der Waals surface area contributed by atoms with Gasteiger partial charge in [0.15, 0.2) is 5.16 Å². The Morgan fingerprint density at radius 2 is 1.77 bits per heavy atom. The molecule has 0 spiro atoms. The predicted molar refractivity (Wildman–Crippen MR) is 118 cm³/mol. The number of carbonyl (C=O) groups is 1. The maximum atomic E-state index is 12.5. The van der Waals surface area contributed by atoms with Crippen LogP contribution in [0.15, 0.2) is 59.8 Å². The number of carbonyl (C=O) groups excluding carboxylic acids is 1. The van der Waals surface area contributed by atoms with Gasteiger partial charge in [-0.15, -0.1) is 10.2 Å². The van der Waals surface area contributed by atoms with Crippen LogP contribution in [0.3, 0.4) is 0 Å². The maximum Gasteiger partial charge on any atom is 0.233 e. The van der Waals surface area contributed by atoms with Gasteiger partial charge in [0.2, 0.25) is 5.91 Å². The standard InChI is InChI=1S/C23H26N4O2S/c1-2-29-20-12-10-19(11-13-20)27-21(16-18-8-4-3-5-9-18)24-25-23(27)30-17-22(28)26-14-6-7-15-26/h3-5,8-13H,2,6-7,14-17H2,1H3. The van der Waals surface area contributed by atoms with Crippen LogP contribution in [-0.4, -0.2) is 51.0 Å². The number of aromatic nitrogens is 3.